The Labute approximate surface area is 327 Å². The van der Waals surface area contributed by atoms with Crippen molar-refractivity contribution in [2.45, 2.75) is 0 Å². The molecule has 11 rings (SSSR count). The van der Waals surface area contributed by atoms with Crippen LogP contribution in [0, 0.1) is 0 Å². The van der Waals surface area contributed by atoms with Gasteiger partial charge in [0.05, 0.1) is 0 Å². The summed E-state index contributed by atoms with van der Waals surface area (Å²) in [6.45, 7) is 0. The van der Waals surface area contributed by atoms with E-state index in [2.05, 4.69) is 152 Å². The van der Waals surface area contributed by atoms with Crippen molar-refractivity contribution < 1.29 is 4.42 Å². The number of hydrogen-bond donors (Lipinski definition) is 0. The van der Waals surface area contributed by atoms with Gasteiger partial charge in [0, 0.05) is 53.2 Å². The number of furan rings is 1. The average Bonchev–Trinajstić information content (AvgIpc) is 3.86. The maximum absolute atomic E-state index is 6.53. The summed E-state index contributed by atoms with van der Waals surface area (Å²) in [7, 11) is 0. The van der Waals surface area contributed by atoms with E-state index in [1.54, 1.807) is 11.3 Å². The molecule has 4 nitrogen and oxygen atoms in total. The number of benzene rings is 8. The lowest BCUT2D eigenvalue weighted by molar-refractivity contribution is 0.670. The Hall–Kier alpha value is -7.21. The normalized spacial score (nSPS) is 11.6. The van der Waals surface area contributed by atoms with Crippen LogP contribution < -0.4 is 0 Å². The van der Waals surface area contributed by atoms with E-state index in [1.165, 1.54) is 26.6 Å². The standard InChI is InChI=1S/C51H31N3OS/c1-4-14-32(15-5-1)33-26-28-36(29-27-33)50-52-49(35-18-8-3-9-19-35)53-51(54-50)41-23-12-22-40-46-38(21-13-25-45(46)56-48(40)41)37-30-42(34-16-6-2-7-17-34)47-43(31-37)39-20-10-11-24-44(39)55-47/h1-31H. The second kappa shape index (κ2) is 13.3. The maximum atomic E-state index is 6.53. The first kappa shape index (κ1) is 32.2. The Balaban J connectivity index is 1.10. The van der Waals surface area contributed by atoms with Gasteiger partial charge in [0.2, 0.25) is 0 Å². The summed E-state index contributed by atoms with van der Waals surface area (Å²) in [5.41, 5.74) is 11.5. The van der Waals surface area contributed by atoms with Crippen molar-refractivity contribution in [1.82, 2.24) is 15.0 Å². The molecule has 0 unspecified atom stereocenters. The second-order valence-corrected chi connectivity index (χ2v) is 15.0. The maximum Gasteiger partial charge on any atom is 0.165 e. The molecule has 0 saturated carbocycles. The first-order valence-corrected chi connectivity index (χ1v) is 19.5. The summed E-state index contributed by atoms with van der Waals surface area (Å²) in [5.74, 6) is 1.93. The van der Waals surface area contributed by atoms with Crippen LogP contribution in [0.3, 0.4) is 0 Å². The van der Waals surface area contributed by atoms with Crippen molar-refractivity contribution in [3.8, 4) is 67.5 Å². The Bertz CT molecular complexity index is 3230. The first-order chi connectivity index (χ1) is 27.7. The minimum Gasteiger partial charge on any atom is -0.455 e. The average molecular weight is 734 g/mol. The topological polar surface area (TPSA) is 51.8 Å². The van der Waals surface area contributed by atoms with Crippen molar-refractivity contribution in [2.24, 2.45) is 0 Å². The fourth-order valence-electron chi connectivity index (χ4n) is 7.86. The number of nitrogens with zero attached hydrogens (tertiary/aromatic N) is 3. The molecule has 0 aliphatic heterocycles. The van der Waals surface area contributed by atoms with Crippen LogP contribution in [0.5, 0.6) is 0 Å². The molecule has 0 atom stereocenters. The van der Waals surface area contributed by atoms with Gasteiger partial charge in [-0.1, -0.05) is 158 Å². The molecular weight excluding hydrogens is 703 g/mol. The number of para-hydroxylation sites is 1. The minimum atomic E-state index is 0.640. The van der Waals surface area contributed by atoms with E-state index in [0.717, 1.165) is 65.6 Å². The van der Waals surface area contributed by atoms with Crippen molar-refractivity contribution >= 4 is 53.4 Å². The van der Waals surface area contributed by atoms with Crippen molar-refractivity contribution in [3.63, 3.8) is 0 Å². The first-order valence-electron chi connectivity index (χ1n) is 18.7. The molecule has 0 aliphatic carbocycles. The van der Waals surface area contributed by atoms with Gasteiger partial charge in [-0.25, -0.2) is 15.0 Å². The SMILES string of the molecule is c1ccc(-c2ccc(-c3nc(-c4ccccc4)nc(-c4cccc5c4sc4cccc(-c6cc(-c7ccccc7)c7oc8ccccc8c7c6)c45)n3)cc2)cc1. The van der Waals surface area contributed by atoms with Crippen LogP contribution in [0.15, 0.2) is 192 Å². The summed E-state index contributed by atoms with van der Waals surface area (Å²) in [5, 5.41) is 4.61. The number of rotatable bonds is 6. The van der Waals surface area contributed by atoms with Gasteiger partial charge in [0.15, 0.2) is 17.5 Å². The van der Waals surface area contributed by atoms with Crippen LogP contribution >= 0.6 is 11.3 Å². The Morgan fingerprint density at radius 2 is 0.911 bits per heavy atom. The summed E-state index contributed by atoms with van der Waals surface area (Å²) < 4.78 is 8.88. The molecule has 262 valence electrons. The van der Waals surface area contributed by atoms with Crippen LogP contribution in [-0.4, -0.2) is 15.0 Å². The zero-order chi connectivity index (χ0) is 37.0. The number of fused-ring (bicyclic) bond motifs is 6. The van der Waals surface area contributed by atoms with Crippen LogP contribution in [0.1, 0.15) is 0 Å². The highest BCUT2D eigenvalue weighted by Crippen LogP contribution is 2.46. The van der Waals surface area contributed by atoms with Crippen molar-refractivity contribution in [3.05, 3.63) is 188 Å². The summed E-state index contributed by atoms with van der Waals surface area (Å²) >= 11 is 1.78. The molecule has 5 heteroatoms. The number of hydrogen-bond acceptors (Lipinski definition) is 5. The van der Waals surface area contributed by atoms with Crippen molar-refractivity contribution in [2.75, 3.05) is 0 Å². The number of aromatic nitrogens is 3. The van der Waals surface area contributed by atoms with E-state index < -0.39 is 0 Å². The molecule has 8 aromatic carbocycles. The number of thiophene rings is 1. The smallest absolute Gasteiger partial charge is 0.165 e. The Morgan fingerprint density at radius 1 is 0.357 bits per heavy atom. The third-order valence-electron chi connectivity index (χ3n) is 10.6. The minimum absolute atomic E-state index is 0.640. The van der Waals surface area contributed by atoms with E-state index in [4.69, 9.17) is 19.4 Å². The van der Waals surface area contributed by atoms with Gasteiger partial charge in [-0.3, -0.25) is 0 Å². The van der Waals surface area contributed by atoms with Gasteiger partial charge < -0.3 is 4.42 Å². The van der Waals surface area contributed by atoms with Crippen molar-refractivity contribution in [1.29, 1.82) is 0 Å². The molecule has 0 amide bonds. The fraction of sp³-hybridized carbons (Fsp3) is 0. The zero-order valence-electron chi connectivity index (χ0n) is 30.1. The quantitative estimate of drug-likeness (QED) is 0.171. The highest BCUT2D eigenvalue weighted by Gasteiger charge is 2.20. The van der Waals surface area contributed by atoms with E-state index in [9.17, 15) is 0 Å². The van der Waals surface area contributed by atoms with E-state index in [1.807, 2.05) is 36.4 Å². The van der Waals surface area contributed by atoms with Crippen LogP contribution in [0.2, 0.25) is 0 Å². The van der Waals surface area contributed by atoms with Gasteiger partial charge in [-0.15, -0.1) is 11.3 Å². The van der Waals surface area contributed by atoms with Gasteiger partial charge in [0.1, 0.15) is 11.2 Å². The molecule has 3 heterocycles. The Kier molecular flexibility index (Phi) is 7.64. The molecule has 56 heavy (non-hydrogen) atoms. The molecule has 11 aromatic rings. The van der Waals surface area contributed by atoms with Gasteiger partial charge in [-0.2, -0.15) is 0 Å². The summed E-state index contributed by atoms with van der Waals surface area (Å²) in [6, 6.07) is 65.6. The molecular formula is C51H31N3OS. The summed E-state index contributed by atoms with van der Waals surface area (Å²) in [6.07, 6.45) is 0. The predicted molar refractivity (Wildman–Crippen MR) is 233 cm³/mol. The zero-order valence-corrected chi connectivity index (χ0v) is 30.9. The Morgan fingerprint density at radius 3 is 1.66 bits per heavy atom. The van der Waals surface area contributed by atoms with E-state index in [-0.39, 0.29) is 0 Å². The second-order valence-electron chi connectivity index (χ2n) is 13.9. The van der Waals surface area contributed by atoms with Gasteiger partial charge in [0.25, 0.3) is 0 Å². The predicted octanol–water partition coefficient (Wildman–Crippen LogP) is 14.1. The molecule has 0 aliphatic rings. The van der Waals surface area contributed by atoms with E-state index >= 15 is 0 Å². The van der Waals surface area contributed by atoms with Crippen LogP contribution in [-0.2, 0) is 0 Å². The van der Waals surface area contributed by atoms with Crippen LogP contribution in [0.25, 0.3) is 110 Å². The molecule has 0 radical (unpaired) electrons. The molecule has 3 aromatic heterocycles. The molecule has 0 N–H and O–H groups in total. The van der Waals surface area contributed by atoms with E-state index in [0.29, 0.717) is 17.5 Å². The monoisotopic (exact) mass is 733 g/mol. The molecule has 0 spiro atoms. The molecule has 0 bridgehead atoms. The van der Waals surface area contributed by atoms with Crippen LogP contribution in [0.4, 0.5) is 0 Å². The fourth-order valence-corrected chi connectivity index (χ4v) is 9.10. The third-order valence-corrected chi connectivity index (χ3v) is 11.8. The van der Waals surface area contributed by atoms with Gasteiger partial charge in [-0.05, 0) is 58.1 Å². The molecule has 0 fully saturated rings. The lowest BCUT2D eigenvalue weighted by Gasteiger charge is -2.11. The molecule has 0 saturated heterocycles. The van der Waals surface area contributed by atoms with Gasteiger partial charge >= 0.3 is 0 Å². The highest BCUT2D eigenvalue weighted by molar-refractivity contribution is 7.26. The lowest BCUT2D eigenvalue weighted by atomic mass is 9.93. The highest BCUT2D eigenvalue weighted by atomic mass is 32.1. The summed E-state index contributed by atoms with van der Waals surface area (Å²) in [4.78, 5) is 15.3. The lowest BCUT2D eigenvalue weighted by Crippen LogP contribution is -2.00. The third kappa shape index (κ3) is 5.48. The largest absolute Gasteiger partial charge is 0.455 e.